The Morgan fingerprint density at radius 3 is 1.18 bits per heavy atom. The molecule has 18 nitrogen and oxygen atoms in total. The summed E-state index contributed by atoms with van der Waals surface area (Å²) in [5.74, 6) is 17.0. The first-order valence-corrected chi connectivity index (χ1v) is 34.0. The van der Waals surface area contributed by atoms with Crippen molar-refractivity contribution < 1.29 is 57.5 Å². The number of imide groups is 6. The molecule has 522 valence electrons. The minimum Gasteiger partial charge on any atom is -0.285 e. The average molecular weight is 1410 g/mol. The van der Waals surface area contributed by atoms with Crippen LogP contribution < -0.4 is 0 Å². The predicted molar refractivity (Wildman–Crippen MR) is 403 cm³/mol. The molecule has 18 rings (SSSR count). The quantitative estimate of drug-likeness (QED) is 0.0850. The van der Waals surface area contributed by atoms with E-state index < -0.39 is 0 Å². The van der Waals surface area contributed by atoms with Gasteiger partial charge in [0.15, 0.2) is 0 Å². The number of amides is 12. The summed E-state index contributed by atoms with van der Waals surface area (Å²) in [6.07, 6.45) is 9.11. The number of likely N-dealkylation sites (tertiary alicyclic amines) is 1. The van der Waals surface area contributed by atoms with Crippen molar-refractivity contribution in [2.24, 2.45) is 23.7 Å². The van der Waals surface area contributed by atoms with Crippen LogP contribution in [0.4, 0.5) is 0 Å². The largest absolute Gasteiger partial charge is 0.285 e. The predicted octanol–water partition coefficient (Wildman–Crippen LogP) is 11.4. The molecule has 10 aromatic rings. The molecular formula is C89H64N6O12. The Kier molecular flexibility index (Phi) is 19.9. The summed E-state index contributed by atoms with van der Waals surface area (Å²) in [5.41, 5.74) is 9.14. The second-order valence-electron chi connectivity index (χ2n) is 26.0. The van der Waals surface area contributed by atoms with Crippen LogP contribution in [0.5, 0.6) is 0 Å². The van der Waals surface area contributed by atoms with Gasteiger partial charge < -0.3 is 0 Å². The van der Waals surface area contributed by atoms with E-state index in [4.69, 9.17) is 0 Å². The standard InChI is InChI=1S/C25H15NO2.C21H13NO2.C17H11NO2.C11H9NO2.C10H11NO2.C5H5NO2/c1-26-24(27)21-11-5-10-20-18(14-15-22(23(20)21)25(26)28)13-12-17-8-4-7-16-6-2-3-9-19(16)17;1-22-20(23)18-12-10-14(13-19(18)21(22)24)9-11-16-7-4-6-15-5-2-3-8-17(15)16;1-18-16(19)14-10-9-13(11-15(14)17(18)20)8-7-12-5-3-2-4-6-12;1-12-10(13)7-9(11(12)14)8-5-3-2-4-6-8;1-11-9(12)7-5-2-3-6(4-5)8(7)10(11)13;1-6-4(7)2-3-5(6)8/h2-11,14-15H,1H3;2-8,10,12-13H,1H3;2-6,9-11H,1H3;2-7H,1H3;2-3,5-8H,4H2,1H3;2-3H,1H3. The molecule has 107 heavy (non-hydrogen) atoms. The van der Waals surface area contributed by atoms with Crippen molar-refractivity contribution in [3.8, 4) is 35.5 Å². The van der Waals surface area contributed by atoms with Crippen molar-refractivity contribution in [2.45, 2.75) is 6.42 Å². The third-order valence-electron chi connectivity index (χ3n) is 19.6. The number of rotatable bonds is 1. The number of carbonyl (C=O) groups excluding carboxylic acids is 12. The lowest BCUT2D eigenvalue weighted by molar-refractivity contribution is -0.139. The Hall–Kier alpha value is -14.3. The number of nitrogens with zero attached hydrogens (tertiary/aromatic N) is 6. The maximum atomic E-state index is 12.5. The highest BCUT2D eigenvalue weighted by atomic mass is 16.2. The van der Waals surface area contributed by atoms with Gasteiger partial charge in [-0.05, 0) is 130 Å². The van der Waals surface area contributed by atoms with E-state index in [1.54, 1.807) is 55.6 Å². The van der Waals surface area contributed by atoms with Gasteiger partial charge in [0, 0.05) is 110 Å². The van der Waals surface area contributed by atoms with E-state index in [0.29, 0.717) is 56.2 Å². The van der Waals surface area contributed by atoms with Crippen molar-refractivity contribution >= 4 is 109 Å². The van der Waals surface area contributed by atoms with E-state index in [9.17, 15) is 57.5 Å². The number of hydrogen-bond donors (Lipinski definition) is 0. The molecule has 8 aliphatic rings. The number of fused-ring (bicyclic) bond motifs is 9. The topological polar surface area (TPSA) is 224 Å². The number of carbonyl (C=O) groups is 12. The first-order valence-electron chi connectivity index (χ1n) is 34.0. The molecule has 4 unspecified atom stereocenters. The van der Waals surface area contributed by atoms with Gasteiger partial charge in [-0.2, -0.15) is 0 Å². The molecule has 4 atom stereocenters. The summed E-state index contributed by atoms with van der Waals surface area (Å²) < 4.78 is 0. The summed E-state index contributed by atoms with van der Waals surface area (Å²) in [6, 6.07) is 66.5. The molecule has 0 spiro atoms. The van der Waals surface area contributed by atoms with Crippen molar-refractivity contribution in [2.75, 3.05) is 42.3 Å². The van der Waals surface area contributed by atoms with E-state index in [-0.39, 0.29) is 82.7 Å². The SMILES string of the molecule is CN1C(=O)C2C3C=CC(C3)C2C1=O.CN1C(=O)C=C(c2ccccc2)C1=O.CN1C(=O)C=CC1=O.CN1C(=O)c2ccc(C#Cc3cccc4ccccc34)cc2C1=O.CN1C(=O)c2ccc(C#Cc3ccccc3)cc2C1=O.CN1C(=O)c2cccc3c(C#Cc4cccc5ccccc45)ccc(c23)C1=O. The Bertz CT molecular complexity index is 5760. The van der Waals surface area contributed by atoms with Crippen molar-refractivity contribution in [3.05, 3.63) is 315 Å². The van der Waals surface area contributed by atoms with Gasteiger partial charge in [0.05, 0.1) is 39.7 Å². The van der Waals surface area contributed by atoms with Crippen LogP contribution in [0.25, 0.3) is 37.9 Å². The number of benzene rings is 10. The summed E-state index contributed by atoms with van der Waals surface area (Å²) in [6.45, 7) is 0. The van der Waals surface area contributed by atoms with Crippen LogP contribution in [0.1, 0.15) is 108 Å². The summed E-state index contributed by atoms with van der Waals surface area (Å²) in [4.78, 5) is 146. The van der Waals surface area contributed by atoms with Gasteiger partial charge in [-0.15, -0.1) is 0 Å². The fourth-order valence-corrected chi connectivity index (χ4v) is 13.7. The fourth-order valence-electron chi connectivity index (χ4n) is 13.7. The third kappa shape index (κ3) is 14.0. The third-order valence-corrected chi connectivity index (χ3v) is 19.6. The van der Waals surface area contributed by atoms with Crippen LogP contribution in [0, 0.1) is 59.2 Å². The zero-order chi connectivity index (χ0) is 75.5. The van der Waals surface area contributed by atoms with Gasteiger partial charge in [0.25, 0.3) is 59.1 Å². The second kappa shape index (κ2) is 30.0. The summed E-state index contributed by atoms with van der Waals surface area (Å²) in [5, 5.41) is 6.01. The van der Waals surface area contributed by atoms with Crippen LogP contribution in [-0.2, 0) is 28.8 Å². The first-order chi connectivity index (χ1) is 51.6. The number of allylic oxidation sites excluding steroid dienone is 2. The normalized spacial score (nSPS) is 17.8. The molecule has 2 fully saturated rings. The van der Waals surface area contributed by atoms with Crippen molar-refractivity contribution in [3.63, 3.8) is 0 Å². The monoisotopic (exact) mass is 1410 g/mol. The Balaban J connectivity index is 0.000000118. The smallest absolute Gasteiger partial charge is 0.261 e. The molecule has 6 aliphatic heterocycles. The molecule has 10 aromatic carbocycles. The van der Waals surface area contributed by atoms with Crippen LogP contribution in [0.15, 0.2) is 243 Å². The molecule has 0 aromatic heterocycles. The van der Waals surface area contributed by atoms with E-state index in [1.165, 1.54) is 63.3 Å². The Morgan fingerprint density at radius 1 is 0.299 bits per heavy atom. The minimum absolute atomic E-state index is 0.0208. The second-order valence-corrected chi connectivity index (χ2v) is 26.0. The van der Waals surface area contributed by atoms with Gasteiger partial charge in [0.1, 0.15) is 0 Å². The van der Waals surface area contributed by atoms with Gasteiger partial charge in [-0.1, -0.05) is 181 Å². The molecule has 18 heteroatoms. The molecular weight excluding hydrogens is 1350 g/mol. The Labute approximate surface area is 615 Å². The summed E-state index contributed by atoms with van der Waals surface area (Å²) >= 11 is 0. The Morgan fingerprint density at radius 2 is 0.692 bits per heavy atom. The molecule has 1 saturated carbocycles. The van der Waals surface area contributed by atoms with Crippen LogP contribution in [0.2, 0.25) is 0 Å². The molecule has 0 N–H and O–H groups in total. The highest BCUT2D eigenvalue weighted by molar-refractivity contribution is 6.33. The highest BCUT2D eigenvalue weighted by Gasteiger charge is 2.58. The highest BCUT2D eigenvalue weighted by Crippen LogP contribution is 2.52. The molecule has 12 amide bonds. The van der Waals surface area contributed by atoms with Crippen LogP contribution in [-0.4, -0.2) is 143 Å². The summed E-state index contributed by atoms with van der Waals surface area (Å²) in [7, 11) is 9.02. The minimum atomic E-state index is -0.276. The molecule has 2 bridgehead atoms. The van der Waals surface area contributed by atoms with E-state index in [2.05, 4.69) is 78.0 Å². The first kappa shape index (κ1) is 71.1. The van der Waals surface area contributed by atoms with Gasteiger partial charge in [-0.25, -0.2) is 0 Å². The van der Waals surface area contributed by atoms with Crippen molar-refractivity contribution in [1.29, 1.82) is 0 Å². The van der Waals surface area contributed by atoms with Gasteiger partial charge in [-0.3, -0.25) is 86.9 Å². The maximum absolute atomic E-state index is 12.5. The molecule has 2 aliphatic carbocycles. The maximum Gasteiger partial charge on any atom is 0.261 e. The zero-order valence-electron chi connectivity index (χ0n) is 58.7. The van der Waals surface area contributed by atoms with Crippen LogP contribution >= 0.6 is 0 Å². The van der Waals surface area contributed by atoms with Crippen molar-refractivity contribution in [1.82, 2.24) is 29.4 Å². The van der Waals surface area contributed by atoms with E-state index in [1.807, 2.05) is 133 Å². The van der Waals surface area contributed by atoms with E-state index >= 15 is 0 Å². The average Bonchev–Trinajstić information content (AvgIpc) is 1.71. The van der Waals surface area contributed by atoms with Gasteiger partial charge in [0.2, 0.25) is 11.8 Å². The lowest BCUT2D eigenvalue weighted by atomic mass is 9.85. The number of hydrogen-bond acceptors (Lipinski definition) is 12. The molecule has 6 heterocycles. The van der Waals surface area contributed by atoms with E-state index in [0.717, 1.165) is 91.9 Å². The van der Waals surface area contributed by atoms with Gasteiger partial charge >= 0.3 is 0 Å². The zero-order valence-corrected chi connectivity index (χ0v) is 58.7. The molecule has 0 radical (unpaired) electrons. The lowest BCUT2D eigenvalue weighted by Crippen LogP contribution is -2.36. The van der Waals surface area contributed by atoms with Crippen LogP contribution in [0.3, 0.4) is 0 Å². The lowest BCUT2D eigenvalue weighted by Gasteiger charge is -2.23. The fraction of sp³-hybridized carbons (Fsp3) is 0.124. The number of likely N-dealkylation sites (N-methyl/N-ethyl adjacent to an activating group) is 2. The molecule has 1 saturated heterocycles.